The number of hydrogen-bond acceptors (Lipinski definition) is 4. The third kappa shape index (κ3) is 1.63. The minimum Gasteiger partial charge on any atom is -0.479 e. The van der Waals surface area contributed by atoms with Crippen LogP contribution in [0.3, 0.4) is 0 Å². The van der Waals surface area contributed by atoms with Gasteiger partial charge in [0.05, 0.1) is 6.20 Å². The molecule has 6 heteroatoms. The summed E-state index contributed by atoms with van der Waals surface area (Å²) < 4.78 is 6.46. The molecule has 0 amide bonds. The van der Waals surface area contributed by atoms with Gasteiger partial charge in [-0.25, -0.2) is 9.31 Å². The van der Waals surface area contributed by atoms with E-state index in [9.17, 15) is 4.79 Å². The van der Waals surface area contributed by atoms with Gasteiger partial charge in [-0.1, -0.05) is 0 Å². The molecule has 2 aromatic rings. The molecule has 2 rings (SSSR count). The molecule has 0 aliphatic carbocycles. The summed E-state index contributed by atoms with van der Waals surface area (Å²) >= 11 is 0. The summed E-state index contributed by atoms with van der Waals surface area (Å²) in [6, 6.07) is 3.26. The maximum absolute atomic E-state index is 10.2. The van der Waals surface area contributed by atoms with Crippen molar-refractivity contribution in [2.45, 2.75) is 0 Å². The standard InChI is InChI=1S/C8H7N3O3/c12-8(13)5-14-7-2-4-11-6(10-7)1-3-9-11/h1-4H,5H2,(H,12,13). The average molecular weight is 193 g/mol. The minimum atomic E-state index is -1.03. The summed E-state index contributed by atoms with van der Waals surface area (Å²) in [6.45, 7) is -0.392. The van der Waals surface area contributed by atoms with E-state index in [0.717, 1.165) is 0 Å². The predicted octanol–water partition coefficient (Wildman–Crippen LogP) is 0.193. The number of nitrogens with zero attached hydrogens (tertiary/aromatic N) is 3. The molecule has 0 aliphatic rings. The Kier molecular flexibility index (Phi) is 2.02. The van der Waals surface area contributed by atoms with E-state index >= 15 is 0 Å². The van der Waals surface area contributed by atoms with Gasteiger partial charge in [0.25, 0.3) is 0 Å². The predicted molar refractivity (Wildman–Crippen MR) is 46.1 cm³/mol. The first-order valence-electron chi connectivity index (χ1n) is 3.91. The van der Waals surface area contributed by atoms with Crippen molar-refractivity contribution < 1.29 is 14.6 Å². The fourth-order valence-electron chi connectivity index (χ4n) is 1.01. The van der Waals surface area contributed by atoms with Crippen molar-refractivity contribution in [1.82, 2.24) is 14.6 Å². The van der Waals surface area contributed by atoms with E-state index in [1.807, 2.05) is 0 Å². The van der Waals surface area contributed by atoms with Crippen molar-refractivity contribution in [3.63, 3.8) is 0 Å². The van der Waals surface area contributed by atoms with Gasteiger partial charge in [-0.05, 0) is 0 Å². The molecule has 0 saturated carbocycles. The van der Waals surface area contributed by atoms with E-state index in [4.69, 9.17) is 9.84 Å². The first-order chi connectivity index (χ1) is 6.75. The van der Waals surface area contributed by atoms with Crippen molar-refractivity contribution in [3.05, 3.63) is 24.5 Å². The largest absolute Gasteiger partial charge is 0.479 e. The SMILES string of the molecule is O=C(O)COc1ccn2nccc2n1. The van der Waals surface area contributed by atoms with Crippen molar-refractivity contribution in [2.24, 2.45) is 0 Å². The summed E-state index contributed by atoms with van der Waals surface area (Å²) in [5, 5.41) is 12.3. The summed E-state index contributed by atoms with van der Waals surface area (Å²) in [5.74, 6) is -0.749. The van der Waals surface area contributed by atoms with Crippen LogP contribution in [0.2, 0.25) is 0 Å². The van der Waals surface area contributed by atoms with Crippen LogP contribution in [0.1, 0.15) is 0 Å². The minimum absolute atomic E-state index is 0.278. The van der Waals surface area contributed by atoms with Crippen molar-refractivity contribution >= 4 is 11.6 Å². The van der Waals surface area contributed by atoms with Gasteiger partial charge in [0.1, 0.15) is 0 Å². The van der Waals surface area contributed by atoms with Crippen LogP contribution in [0.5, 0.6) is 5.88 Å². The topological polar surface area (TPSA) is 76.7 Å². The third-order valence-electron chi connectivity index (χ3n) is 1.58. The Balaban J connectivity index is 2.21. The first kappa shape index (κ1) is 8.49. The van der Waals surface area contributed by atoms with E-state index < -0.39 is 12.6 Å². The van der Waals surface area contributed by atoms with E-state index in [1.54, 1.807) is 29.0 Å². The Morgan fingerprint density at radius 3 is 3.21 bits per heavy atom. The molecule has 0 radical (unpaired) electrons. The highest BCUT2D eigenvalue weighted by molar-refractivity contribution is 5.68. The number of aromatic nitrogens is 3. The van der Waals surface area contributed by atoms with Crippen LogP contribution in [-0.4, -0.2) is 32.3 Å². The highest BCUT2D eigenvalue weighted by atomic mass is 16.5. The number of hydrogen-bond donors (Lipinski definition) is 1. The number of carboxylic acid groups (broad SMARTS) is 1. The van der Waals surface area contributed by atoms with Crippen molar-refractivity contribution in [3.8, 4) is 5.88 Å². The second-order valence-electron chi connectivity index (χ2n) is 2.58. The van der Waals surface area contributed by atoms with Gasteiger partial charge in [0.2, 0.25) is 5.88 Å². The number of fused-ring (bicyclic) bond motifs is 1. The molecule has 2 heterocycles. The summed E-state index contributed by atoms with van der Waals surface area (Å²) in [6.07, 6.45) is 3.25. The van der Waals surface area contributed by atoms with Crippen molar-refractivity contribution in [1.29, 1.82) is 0 Å². The number of carboxylic acids is 1. The lowest BCUT2D eigenvalue weighted by Gasteiger charge is -2.01. The lowest BCUT2D eigenvalue weighted by molar-refractivity contribution is -0.139. The van der Waals surface area contributed by atoms with Crippen LogP contribution in [0.15, 0.2) is 24.5 Å². The van der Waals surface area contributed by atoms with Gasteiger partial charge in [0, 0.05) is 18.3 Å². The third-order valence-corrected chi connectivity index (χ3v) is 1.58. The Hall–Kier alpha value is -2.11. The first-order valence-corrected chi connectivity index (χ1v) is 3.91. The molecule has 0 fully saturated rings. The highest BCUT2D eigenvalue weighted by Crippen LogP contribution is 2.07. The van der Waals surface area contributed by atoms with E-state index in [0.29, 0.717) is 5.65 Å². The van der Waals surface area contributed by atoms with Crippen LogP contribution in [-0.2, 0) is 4.79 Å². The van der Waals surface area contributed by atoms with E-state index in [2.05, 4.69) is 10.1 Å². The number of rotatable bonds is 3. The smallest absolute Gasteiger partial charge is 0.341 e. The molecular weight excluding hydrogens is 186 g/mol. The molecular formula is C8H7N3O3. The molecule has 0 saturated heterocycles. The van der Waals surface area contributed by atoms with Crippen LogP contribution >= 0.6 is 0 Å². The maximum atomic E-state index is 10.2. The lowest BCUT2D eigenvalue weighted by atomic mass is 10.6. The molecule has 2 aromatic heterocycles. The molecule has 0 atom stereocenters. The Labute approximate surface area is 78.8 Å². The molecule has 0 unspecified atom stereocenters. The Morgan fingerprint density at radius 2 is 2.43 bits per heavy atom. The van der Waals surface area contributed by atoms with Crippen LogP contribution in [0.4, 0.5) is 0 Å². The Bertz CT molecular complexity index is 466. The molecule has 72 valence electrons. The van der Waals surface area contributed by atoms with Crippen LogP contribution < -0.4 is 4.74 Å². The molecule has 6 nitrogen and oxygen atoms in total. The zero-order valence-electron chi connectivity index (χ0n) is 7.12. The number of aliphatic carboxylic acids is 1. The van der Waals surface area contributed by atoms with Gasteiger partial charge >= 0.3 is 5.97 Å². The quantitative estimate of drug-likeness (QED) is 0.753. The summed E-state index contributed by atoms with van der Waals surface area (Å²) in [4.78, 5) is 14.2. The van der Waals surface area contributed by atoms with Crippen LogP contribution in [0.25, 0.3) is 5.65 Å². The molecule has 0 aromatic carbocycles. The zero-order valence-corrected chi connectivity index (χ0v) is 7.12. The second kappa shape index (κ2) is 3.33. The van der Waals surface area contributed by atoms with Crippen LogP contribution in [0, 0.1) is 0 Å². The summed E-state index contributed by atoms with van der Waals surface area (Å²) in [5.41, 5.74) is 0.618. The number of carbonyl (C=O) groups is 1. The molecule has 0 aliphatic heterocycles. The molecule has 14 heavy (non-hydrogen) atoms. The molecule has 1 N–H and O–H groups in total. The summed E-state index contributed by atoms with van der Waals surface area (Å²) in [7, 11) is 0. The van der Waals surface area contributed by atoms with E-state index in [-0.39, 0.29) is 5.88 Å². The van der Waals surface area contributed by atoms with Gasteiger partial charge < -0.3 is 9.84 Å². The average Bonchev–Trinajstić information content (AvgIpc) is 2.61. The lowest BCUT2D eigenvalue weighted by Crippen LogP contribution is -2.10. The fraction of sp³-hybridized carbons (Fsp3) is 0.125. The number of ether oxygens (including phenoxy) is 1. The molecule has 0 bridgehead atoms. The maximum Gasteiger partial charge on any atom is 0.341 e. The second-order valence-corrected chi connectivity index (χ2v) is 2.58. The van der Waals surface area contributed by atoms with Crippen molar-refractivity contribution in [2.75, 3.05) is 6.61 Å². The van der Waals surface area contributed by atoms with Gasteiger partial charge in [-0.15, -0.1) is 0 Å². The fourth-order valence-corrected chi connectivity index (χ4v) is 1.01. The normalized spacial score (nSPS) is 10.3. The van der Waals surface area contributed by atoms with Gasteiger partial charge in [0.15, 0.2) is 12.3 Å². The molecule has 0 spiro atoms. The Morgan fingerprint density at radius 1 is 1.57 bits per heavy atom. The van der Waals surface area contributed by atoms with Gasteiger partial charge in [-0.2, -0.15) is 10.1 Å². The monoisotopic (exact) mass is 193 g/mol. The van der Waals surface area contributed by atoms with Gasteiger partial charge in [-0.3, -0.25) is 0 Å². The zero-order chi connectivity index (χ0) is 9.97. The highest BCUT2D eigenvalue weighted by Gasteiger charge is 2.01. The van der Waals surface area contributed by atoms with E-state index in [1.165, 1.54) is 0 Å².